The number of hydrogen-bond donors (Lipinski definition) is 0. The van der Waals surface area contributed by atoms with E-state index >= 15 is 0 Å². The Morgan fingerprint density at radius 3 is 2.27 bits per heavy atom. The second-order valence-electron chi connectivity index (χ2n) is 20.4. The van der Waals surface area contributed by atoms with Gasteiger partial charge in [0.1, 0.15) is 0 Å². The predicted molar refractivity (Wildman–Crippen MR) is 235 cm³/mol. The third-order valence-electron chi connectivity index (χ3n) is 17.4. The van der Waals surface area contributed by atoms with Crippen molar-refractivity contribution in [2.24, 2.45) is 45.8 Å². The molecule has 2 spiro atoms. The van der Waals surface area contributed by atoms with Crippen LogP contribution in [0.1, 0.15) is 83.8 Å². The van der Waals surface area contributed by atoms with Gasteiger partial charge < -0.3 is 4.90 Å². The van der Waals surface area contributed by atoms with Crippen LogP contribution in [0.5, 0.6) is 0 Å². The largest absolute Gasteiger partial charge is 0.314 e. The quantitative estimate of drug-likeness (QED) is 0.174. The molecule has 56 heavy (non-hydrogen) atoms. The lowest BCUT2D eigenvalue weighted by atomic mass is 9.27. The van der Waals surface area contributed by atoms with E-state index in [0.29, 0.717) is 11.3 Å². The number of benzene rings is 5. The van der Waals surface area contributed by atoms with Crippen LogP contribution < -0.4 is 4.90 Å². The van der Waals surface area contributed by atoms with Crippen molar-refractivity contribution >= 4 is 42.9 Å². The van der Waals surface area contributed by atoms with Crippen molar-refractivity contribution in [3.05, 3.63) is 144 Å². The molecule has 13 rings (SSSR count). The molecule has 7 aliphatic rings. The van der Waals surface area contributed by atoms with Crippen molar-refractivity contribution in [2.45, 2.75) is 78.1 Å². The van der Waals surface area contributed by atoms with Crippen LogP contribution in [0.25, 0.3) is 42.4 Å². The van der Waals surface area contributed by atoms with E-state index in [1.165, 1.54) is 98.0 Å². The van der Waals surface area contributed by atoms with Crippen LogP contribution in [0.4, 0.5) is 11.4 Å². The molecular weight excluding hydrogens is 695 g/mol. The molecule has 0 N–H and O–H groups in total. The van der Waals surface area contributed by atoms with Crippen LogP contribution in [0.3, 0.4) is 0 Å². The third kappa shape index (κ3) is 3.89. The number of nitrogens with zero attached hydrogens (tertiary/aromatic N) is 1. The summed E-state index contributed by atoms with van der Waals surface area (Å²) in [5, 5.41) is 2.71. The molecule has 7 atom stereocenters. The minimum atomic E-state index is 0.232. The maximum Gasteiger partial charge on any atom is 0.0465 e. The van der Waals surface area contributed by atoms with Gasteiger partial charge >= 0.3 is 0 Å². The Kier molecular flexibility index (Phi) is 6.27. The Bertz CT molecular complexity index is 2740. The molecule has 0 radical (unpaired) electrons. The molecule has 1 heterocycles. The number of anilines is 2. The van der Waals surface area contributed by atoms with Crippen LogP contribution in [-0.4, -0.2) is 0 Å². The maximum atomic E-state index is 2.59. The lowest BCUT2D eigenvalue weighted by molar-refractivity contribution is -0.231. The molecule has 1 nitrogen and oxygen atoms in total. The molecule has 2 heteroatoms. The van der Waals surface area contributed by atoms with Crippen molar-refractivity contribution in [2.75, 3.05) is 4.90 Å². The Morgan fingerprint density at radius 2 is 1.39 bits per heavy atom. The lowest BCUT2D eigenvalue weighted by Gasteiger charge is -2.76. The molecule has 6 aromatic rings. The maximum absolute atomic E-state index is 2.59. The minimum absolute atomic E-state index is 0.232. The zero-order valence-electron chi connectivity index (χ0n) is 33.2. The normalized spacial score (nSPS) is 31.9. The van der Waals surface area contributed by atoms with Gasteiger partial charge in [0.15, 0.2) is 0 Å². The molecule has 0 amide bonds. The van der Waals surface area contributed by atoms with E-state index in [1.54, 1.807) is 16.7 Å². The Hall–Kier alpha value is -4.40. The van der Waals surface area contributed by atoms with E-state index in [0.717, 1.165) is 30.1 Å². The van der Waals surface area contributed by atoms with E-state index in [4.69, 9.17) is 0 Å². The zero-order chi connectivity index (χ0) is 37.3. The van der Waals surface area contributed by atoms with Gasteiger partial charge in [-0.25, -0.2) is 0 Å². The molecule has 5 aromatic carbocycles. The summed E-state index contributed by atoms with van der Waals surface area (Å²) in [6, 6.07) is 42.7. The van der Waals surface area contributed by atoms with Crippen molar-refractivity contribution in [1.82, 2.24) is 0 Å². The minimum Gasteiger partial charge on any atom is -0.314 e. The van der Waals surface area contributed by atoms with Crippen LogP contribution in [-0.2, 0) is 5.41 Å². The summed E-state index contributed by atoms with van der Waals surface area (Å²) >= 11 is 1.91. The first-order chi connectivity index (χ1) is 27.2. The average Bonchev–Trinajstić information content (AvgIpc) is 3.94. The van der Waals surface area contributed by atoms with E-state index in [-0.39, 0.29) is 16.2 Å². The number of rotatable bonds is 4. The summed E-state index contributed by atoms with van der Waals surface area (Å²) in [6.45, 7) is 9.96. The van der Waals surface area contributed by atoms with Gasteiger partial charge in [-0.1, -0.05) is 112 Å². The topological polar surface area (TPSA) is 3.24 Å². The Labute approximate surface area is 336 Å². The van der Waals surface area contributed by atoms with Crippen molar-refractivity contribution in [3.8, 4) is 22.3 Å². The summed E-state index contributed by atoms with van der Waals surface area (Å²) < 4.78 is 2.72. The molecule has 1 aromatic heterocycles. The molecule has 278 valence electrons. The van der Waals surface area contributed by atoms with Gasteiger partial charge in [-0.3, -0.25) is 0 Å². The summed E-state index contributed by atoms with van der Waals surface area (Å²) in [5.41, 5.74) is 16.0. The van der Waals surface area contributed by atoms with E-state index in [1.807, 2.05) is 11.3 Å². The van der Waals surface area contributed by atoms with Gasteiger partial charge in [0, 0.05) is 42.7 Å². The first kappa shape index (κ1) is 32.7. The van der Waals surface area contributed by atoms with Gasteiger partial charge in [-0.15, -0.1) is 11.3 Å². The van der Waals surface area contributed by atoms with Gasteiger partial charge in [-0.2, -0.15) is 0 Å². The number of thiophene rings is 1. The molecule has 0 saturated heterocycles. The van der Waals surface area contributed by atoms with Crippen molar-refractivity contribution in [1.29, 1.82) is 0 Å². The highest BCUT2D eigenvalue weighted by molar-refractivity contribution is 7.25. The highest BCUT2D eigenvalue weighted by Gasteiger charge is 2.84. The second kappa shape index (κ2) is 10.8. The van der Waals surface area contributed by atoms with Crippen LogP contribution in [0.15, 0.2) is 133 Å². The predicted octanol–water partition coefficient (Wildman–Crippen LogP) is 14.9. The van der Waals surface area contributed by atoms with Crippen LogP contribution in [0, 0.1) is 45.8 Å². The summed E-state index contributed by atoms with van der Waals surface area (Å²) in [6.07, 6.45) is 14.5. The fourth-order valence-corrected chi connectivity index (χ4v) is 16.0. The lowest BCUT2D eigenvalue weighted by Crippen LogP contribution is -2.73. The summed E-state index contributed by atoms with van der Waals surface area (Å²) in [4.78, 5) is 2.59. The Balaban J connectivity index is 0.942. The van der Waals surface area contributed by atoms with Crippen LogP contribution in [0.2, 0.25) is 0 Å². The first-order valence-electron chi connectivity index (χ1n) is 21.6. The van der Waals surface area contributed by atoms with Gasteiger partial charge in [-0.05, 0) is 167 Å². The molecule has 5 saturated carbocycles. The standard InChI is InChI=1S/C54H51NS/c1-51(2)24-25-52(3,4)45-30-37(20-22-43(45)51)55(36-21-23-47-41(29-36)39-10-6-8-15-46(39)56-47)35-18-16-33(17-19-35)38-12-9-14-44-50(38)40-11-5-7-13-42(40)54(44)48-27-32-26-34-28-49(54)53(34,48)31-32/h5-23,29,32,34,45,48-49H,24-28,30-31H2,1-4H3. The molecule has 7 aliphatic carbocycles. The number of hydrogen-bond acceptors (Lipinski definition) is 2. The molecule has 7 unspecified atom stereocenters. The van der Waals surface area contributed by atoms with E-state index < -0.39 is 0 Å². The highest BCUT2D eigenvalue weighted by atomic mass is 32.1. The smallest absolute Gasteiger partial charge is 0.0465 e. The number of fused-ring (bicyclic) bond motifs is 12. The Morgan fingerprint density at radius 1 is 0.643 bits per heavy atom. The molecule has 5 fully saturated rings. The van der Waals surface area contributed by atoms with Gasteiger partial charge in [0.25, 0.3) is 0 Å². The monoisotopic (exact) mass is 745 g/mol. The van der Waals surface area contributed by atoms with E-state index in [9.17, 15) is 0 Å². The molecular formula is C54H51NS. The first-order valence-corrected chi connectivity index (χ1v) is 22.5. The number of allylic oxidation sites excluding steroid dienone is 4. The molecule has 0 aliphatic heterocycles. The molecule has 2 bridgehead atoms. The third-order valence-corrected chi connectivity index (χ3v) is 18.5. The van der Waals surface area contributed by atoms with Crippen molar-refractivity contribution in [3.63, 3.8) is 0 Å². The van der Waals surface area contributed by atoms with Gasteiger partial charge in [0.05, 0.1) is 0 Å². The zero-order valence-corrected chi connectivity index (χ0v) is 34.1. The van der Waals surface area contributed by atoms with Crippen molar-refractivity contribution < 1.29 is 0 Å². The van der Waals surface area contributed by atoms with Crippen LogP contribution >= 0.6 is 11.3 Å². The highest BCUT2D eigenvalue weighted by Crippen LogP contribution is 2.89. The van der Waals surface area contributed by atoms with Gasteiger partial charge in [0.2, 0.25) is 0 Å². The fourth-order valence-electron chi connectivity index (χ4n) is 14.9. The van der Waals surface area contributed by atoms with E-state index in [2.05, 4.69) is 154 Å². The average molecular weight is 746 g/mol. The SMILES string of the molecule is CC1(C)CCC(C)(C)C2CC(N(c3ccc(-c4cccc5c4-c4ccccc4C54C5CC6CC7CC4C75C6)cc3)c3ccc4sc5ccccc5c4c3)=CC=C21. The fraction of sp³-hybridized carbons (Fsp3) is 0.370. The second-order valence-corrected chi connectivity index (χ2v) is 21.5. The summed E-state index contributed by atoms with van der Waals surface area (Å²) in [7, 11) is 0. The summed E-state index contributed by atoms with van der Waals surface area (Å²) in [5.74, 6) is 4.18.